The number of anilines is 3. The van der Waals surface area contributed by atoms with E-state index in [1.54, 1.807) is 42.9 Å². The Labute approximate surface area is 274 Å². The molecule has 4 amide bonds. The quantitative estimate of drug-likeness (QED) is 0.227. The highest BCUT2D eigenvalue weighted by Crippen LogP contribution is 2.35. The molecule has 3 aromatic carbocycles. The standard InChI is InChI=1S/C34H33F3N6O3S/c1-19(2)26-16-7-20(3)17-27(26)43-28(44)18-47-33(43)39-32(46)38-25-14-10-22(11-15-25)29-21(4)30(40-42(29)6)41(5)31(45)23-8-12-24(13-9-23)34(35,36)37/h7-17,19H,18H2,1-6H3,(H,38,46)/b39-33-. The second-order valence-electron chi connectivity index (χ2n) is 11.5. The molecular weight excluding hydrogens is 629 g/mol. The van der Waals surface area contributed by atoms with Gasteiger partial charge in [0, 0.05) is 36.5 Å². The van der Waals surface area contributed by atoms with Crippen LogP contribution in [0.1, 0.15) is 52.4 Å². The van der Waals surface area contributed by atoms with Gasteiger partial charge in [-0.25, -0.2) is 4.79 Å². The molecule has 0 spiro atoms. The molecule has 5 rings (SSSR count). The van der Waals surface area contributed by atoms with E-state index in [0.29, 0.717) is 27.9 Å². The lowest BCUT2D eigenvalue weighted by molar-refractivity contribution is -0.137. The van der Waals surface area contributed by atoms with Gasteiger partial charge < -0.3 is 5.32 Å². The predicted octanol–water partition coefficient (Wildman–Crippen LogP) is 7.79. The molecule has 0 unspecified atom stereocenters. The molecule has 1 aromatic heterocycles. The van der Waals surface area contributed by atoms with Crippen LogP contribution in [0.2, 0.25) is 0 Å². The number of nitrogens with zero attached hydrogens (tertiary/aromatic N) is 5. The predicted molar refractivity (Wildman–Crippen MR) is 179 cm³/mol. The number of rotatable bonds is 6. The van der Waals surface area contributed by atoms with E-state index >= 15 is 0 Å². The van der Waals surface area contributed by atoms with Crippen molar-refractivity contribution < 1.29 is 27.6 Å². The maximum Gasteiger partial charge on any atom is 0.416 e. The second-order valence-corrected chi connectivity index (χ2v) is 12.4. The number of aliphatic imine (C=N–C) groups is 1. The number of hydrogen-bond donors (Lipinski definition) is 1. The molecule has 0 aliphatic carbocycles. The molecule has 0 radical (unpaired) electrons. The largest absolute Gasteiger partial charge is 0.416 e. The summed E-state index contributed by atoms with van der Waals surface area (Å²) in [6.45, 7) is 7.84. The van der Waals surface area contributed by atoms with E-state index in [1.165, 1.54) is 28.6 Å². The van der Waals surface area contributed by atoms with Gasteiger partial charge in [-0.05, 0) is 73.4 Å². The number of halogens is 3. The SMILES string of the molecule is Cc1ccc(C(C)C)c(N2C(=O)CS/C2=N\C(=O)Nc2ccc(-c3c(C)c(N(C)C(=O)c4ccc(C(F)(F)F)cc4)nn3C)cc2)c1. The van der Waals surface area contributed by atoms with Crippen LogP contribution in [0.3, 0.4) is 0 Å². The highest BCUT2D eigenvalue weighted by atomic mass is 32.2. The summed E-state index contributed by atoms with van der Waals surface area (Å²) in [4.78, 5) is 46.0. The maximum atomic E-state index is 13.1. The summed E-state index contributed by atoms with van der Waals surface area (Å²) in [5.74, 6) is 0.0500. The van der Waals surface area contributed by atoms with E-state index in [1.807, 2.05) is 39.0 Å². The van der Waals surface area contributed by atoms with Crippen LogP contribution in [0.15, 0.2) is 71.7 Å². The zero-order valence-corrected chi connectivity index (χ0v) is 27.5. The molecule has 2 heterocycles. The fourth-order valence-electron chi connectivity index (χ4n) is 5.40. The Hall–Kier alpha value is -4.91. The molecule has 47 heavy (non-hydrogen) atoms. The number of thioether (sulfide) groups is 1. The van der Waals surface area contributed by atoms with Gasteiger partial charge in [0.05, 0.1) is 22.7 Å². The average Bonchev–Trinajstić information content (AvgIpc) is 3.53. The van der Waals surface area contributed by atoms with Crippen molar-refractivity contribution in [1.82, 2.24) is 9.78 Å². The van der Waals surface area contributed by atoms with Gasteiger partial charge in [0.1, 0.15) is 0 Å². The Morgan fingerprint density at radius 2 is 1.68 bits per heavy atom. The fourth-order valence-corrected chi connectivity index (χ4v) is 6.25. The summed E-state index contributed by atoms with van der Waals surface area (Å²) in [6, 6.07) is 16.3. The molecule has 4 aromatic rings. The molecule has 1 aliphatic rings. The van der Waals surface area contributed by atoms with Crippen molar-refractivity contribution in [2.45, 2.75) is 39.8 Å². The van der Waals surface area contributed by atoms with E-state index < -0.39 is 23.7 Å². The van der Waals surface area contributed by atoms with E-state index in [2.05, 4.69) is 15.4 Å². The van der Waals surface area contributed by atoms with Crippen molar-refractivity contribution >= 4 is 52.0 Å². The van der Waals surface area contributed by atoms with Crippen LogP contribution < -0.4 is 15.1 Å². The monoisotopic (exact) mass is 662 g/mol. The van der Waals surface area contributed by atoms with E-state index in [-0.39, 0.29) is 23.1 Å². The molecule has 1 saturated heterocycles. The molecule has 9 nitrogen and oxygen atoms in total. The van der Waals surface area contributed by atoms with Gasteiger partial charge in [-0.1, -0.05) is 49.9 Å². The van der Waals surface area contributed by atoms with Gasteiger partial charge in [0.25, 0.3) is 5.91 Å². The lowest BCUT2D eigenvalue weighted by Crippen LogP contribution is -2.31. The topological polar surface area (TPSA) is 99.9 Å². The van der Waals surface area contributed by atoms with Gasteiger partial charge in [-0.2, -0.15) is 23.3 Å². The first-order valence-corrected chi connectivity index (χ1v) is 15.7. The molecule has 1 N–H and O–H groups in total. The Kier molecular flexibility index (Phi) is 9.30. The Morgan fingerprint density at radius 1 is 1.02 bits per heavy atom. The molecular formula is C34H33F3N6O3S. The van der Waals surface area contributed by atoms with Gasteiger partial charge in [-0.15, -0.1) is 0 Å². The van der Waals surface area contributed by atoms with Crippen LogP contribution in [-0.2, 0) is 18.0 Å². The maximum absolute atomic E-state index is 13.1. The number of amides is 4. The molecule has 1 fully saturated rings. The minimum absolute atomic E-state index is 0.0958. The first-order chi connectivity index (χ1) is 22.1. The fraction of sp³-hybridized carbons (Fsp3) is 0.265. The minimum atomic E-state index is -4.50. The molecule has 1 aliphatic heterocycles. The number of hydrogen-bond acceptors (Lipinski definition) is 5. The van der Waals surface area contributed by atoms with Crippen LogP contribution in [0.25, 0.3) is 11.3 Å². The van der Waals surface area contributed by atoms with Gasteiger partial charge in [0.15, 0.2) is 11.0 Å². The van der Waals surface area contributed by atoms with Gasteiger partial charge >= 0.3 is 12.2 Å². The number of carbonyl (C=O) groups excluding carboxylic acids is 3. The van der Waals surface area contributed by atoms with Crippen molar-refractivity contribution in [3.8, 4) is 11.3 Å². The van der Waals surface area contributed by atoms with Crippen LogP contribution in [0.5, 0.6) is 0 Å². The smallest absolute Gasteiger partial charge is 0.306 e. The van der Waals surface area contributed by atoms with Crippen LogP contribution in [0.4, 0.5) is 35.2 Å². The summed E-state index contributed by atoms with van der Waals surface area (Å²) >= 11 is 1.21. The number of carbonyl (C=O) groups is 3. The number of aryl methyl sites for hydroxylation is 2. The second kappa shape index (κ2) is 13.1. The summed E-state index contributed by atoms with van der Waals surface area (Å²) in [5.41, 5.74) is 4.59. The van der Waals surface area contributed by atoms with Crippen molar-refractivity contribution in [2.75, 3.05) is 27.9 Å². The van der Waals surface area contributed by atoms with Crippen LogP contribution in [0, 0.1) is 13.8 Å². The average molecular weight is 663 g/mol. The lowest BCUT2D eigenvalue weighted by Gasteiger charge is -2.22. The number of benzene rings is 3. The molecule has 244 valence electrons. The third kappa shape index (κ3) is 6.94. The highest BCUT2D eigenvalue weighted by molar-refractivity contribution is 8.15. The van der Waals surface area contributed by atoms with Crippen molar-refractivity contribution in [2.24, 2.45) is 12.0 Å². The lowest BCUT2D eigenvalue weighted by atomic mass is 9.99. The summed E-state index contributed by atoms with van der Waals surface area (Å²) < 4.78 is 40.5. The van der Waals surface area contributed by atoms with Crippen LogP contribution >= 0.6 is 11.8 Å². The zero-order valence-electron chi connectivity index (χ0n) is 26.6. The van der Waals surface area contributed by atoms with Crippen molar-refractivity contribution in [1.29, 1.82) is 0 Å². The number of alkyl halides is 3. The van der Waals surface area contributed by atoms with Crippen LogP contribution in [-0.4, -0.2) is 45.6 Å². The number of nitrogens with one attached hydrogen (secondary N) is 1. The molecule has 13 heteroatoms. The van der Waals surface area contributed by atoms with Gasteiger partial charge in [-0.3, -0.25) is 24.1 Å². The first-order valence-electron chi connectivity index (χ1n) is 14.7. The molecule has 0 bridgehead atoms. The Morgan fingerprint density at radius 3 is 2.30 bits per heavy atom. The number of urea groups is 1. The molecule has 0 atom stereocenters. The Bertz CT molecular complexity index is 1880. The van der Waals surface area contributed by atoms with E-state index in [4.69, 9.17) is 0 Å². The molecule has 0 saturated carbocycles. The van der Waals surface area contributed by atoms with Crippen molar-refractivity contribution in [3.63, 3.8) is 0 Å². The van der Waals surface area contributed by atoms with Gasteiger partial charge in [0.2, 0.25) is 5.91 Å². The summed E-state index contributed by atoms with van der Waals surface area (Å²) in [5, 5.41) is 7.57. The summed E-state index contributed by atoms with van der Waals surface area (Å²) in [6.07, 6.45) is -4.50. The minimum Gasteiger partial charge on any atom is -0.306 e. The third-order valence-electron chi connectivity index (χ3n) is 7.76. The normalized spacial score (nSPS) is 14.3. The first kappa shape index (κ1) is 33.5. The number of aromatic nitrogens is 2. The third-order valence-corrected chi connectivity index (χ3v) is 8.68. The van der Waals surface area contributed by atoms with Crippen molar-refractivity contribution in [3.05, 3.63) is 94.5 Å². The number of amidine groups is 1. The summed E-state index contributed by atoms with van der Waals surface area (Å²) in [7, 11) is 3.23. The highest BCUT2D eigenvalue weighted by Gasteiger charge is 2.33. The van der Waals surface area contributed by atoms with E-state index in [0.717, 1.165) is 46.6 Å². The Balaban J connectivity index is 1.32. The van der Waals surface area contributed by atoms with E-state index in [9.17, 15) is 27.6 Å². The zero-order chi connectivity index (χ0) is 34.2.